The van der Waals surface area contributed by atoms with Crippen molar-refractivity contribution in [2.45, 2.75) is 6.18 Å². The SMILES string of the molecule is NC(=O)c1ccccn1.Nc1cc(C(F)(F)F)c(-c2ccc(F)cc2)nc1C(=O)O. The quantitative estimate of drug-likeness (QED) is 0.555. The normalized spacial score (nSPS) is 10.7. The zero-order chi connectivity index (χ0) is 22.5. The van der Waals surface area contributed by atoms with Crippen molar-refractivity contribution >= 4 is 17.6 Å². The highest BCUT2D eigenvalue weighted by molar-refractivity contribution is 5.92. The summed E-state index contributed by atoms with van der Waals surface area (Å²) in [4.78, 5) is 28.5. The lowest BCUT2D eigenvalue weighted by Crippen LogP contribution is -2.14. The standard InChI is InChI=1S/C13H8F4N2O2.C6H6N2O/c14-7-3-1-6(2-4-7)10-8(13(15,16)17)5-9(18)11(19-10)12(20)21;7-6(9)5-3-1-2-4-8-5/h1-5H,18H2,(H,20,21);1-4H,(H2,7,9). The molecule has 1 amide bonds. The molecule has 0 atom stereocenters. The number of aromatic nitrogens is 2. The van der Waals surface area contributed by atoms with E-state index in [0.29, 0.717) is 11.8 Å². The topological polar surface area (TPSA) is 132 Å². The molecule has 0 aliphatic heterocycles. The first kappa shape index (κ1) is 22.3. The Morgan fingerprint density at radius 1 is 1.03 bits per heavy atom. The van der Waals surface area contributed by atoms with Crippen LogP contribution >= 0.6 is 0 Å². The summed E-state index contributed by atoms with van der Waals surface area (Å²) in [5.41, 5.74) is 7.35. The molecule has 0 aliphatic carbocycles. The van der Waals surface area contributed by atoms with E-state index in [1.54, 1.807) is 18.2 Å². The van der Waals surface area contributed by atoms with Gasteiger partial charge < -0.3 is 16.6 Å². The number of hydrogen-bond acceptors (Lipinski definition) is 5. The second-order valence-corrected chi connectivity index (χ2v) is 5.71. The van der Waals surface area contributed by atoms with Gasteiger partial charge in [-0.1, -0.05) is 6.07 Å². The summed E-state index contributed by atoms with van der Waals surface area (Å²) >= 11 is 0. The van der Waals surface area contributed by atoms with Gasteiger partial charge in [-0.25, -0.2) is 14.2 Å². The minimum absolute atomic E-state index is 0.0637. The summed E-state index contributed by atoms with van der Waals surface area (Å²) in [6.07, 6.45) is -3.25. The molecule has 7 nitrogen and oxygen atoms in total. The number of primary amides is 1. The molecule has 1 aromatic carbocycles. The van der Waals surface area contributed by atoms with Crippen molar-refractivity contribution in [3.63, 3.8) is 0 Å². The molecular weight excluding hydrogens is 408 g/mol. The lowest BCUT2D eigenvalue weighted by atomic mass is 10.0. The number of aromatic carboxylic acids is 1. The average molecular weight is 422 g/mol. The fraction of sp³-hybridized carbons (Fsp3) is 0.0526. The Bertz CT molecular complexity index is 1060. The van der Waals surface area contributed by atoms with Gasteiger partial charge in [0.05, 0.1) is 16.9 Å². The van der Waals surface area contributed by atoms with Crippen LogP contribution in [-0.4, -0.2) is 27.0 Å². The number of carbonyl (C=O) groups excluding carboxylic acids is 1. The molecule has 0 saturated heterocycles. The third-order valence-corrected chi connectivity index (χ3v) is 3.59. The van der Waals surface area contributed by atoms with Crippen LogP contribution in [0.25, 0.3) is 11.3 Å². The second kappa shape index (κ2) is 8.99. The van der Waals surface area contributed by atoms with E-state index < -0.39 is 46.5 Å². The molecule has 3 rings (SSSR count). The first-order chi connectivity index (χ1) is 14.0. The van der Waals surface area contributed by atoms with Gasteiger partial charge in [0.25, 0.3) is 5.91 Å². The van der Waals surface area contributed by atoms with Crippen LogP contribution < -0.4 is 11.5 Å². The predicted molar refractivity (Wildman–Crippen MR) is 98.8 cm³/mol. The van der Waals surface area contributed by atoms with E-state index in [0.717, 1.165) is 24.3 Å². The zero-order valence-electron chi connectivity index (χ0n) is 15.0. The number of carboxylic acid groups (broad SMARTS) is 1. The van der Waals surface area contributed by atoms with Crippen molar-refractivity contribution in [1.82, 2.24) is 9.97 Å². The monoisotopic (exact) mass is 422 g/mol. The van der Waals surface area contributed by atoms with Gasteiger partial charge in [0.2, 0.25) is 0 Å². The highest BCUT2D eigenvalue weighted by atomic mass is 19.4. The molecule has 156 valence electrons. The van der Waals surface area contributed by atoms with Crippen molar-refractivity contribution in [2.75, 3.05) is 5.73 Å². The number of halogens is 4. The fourth-order valence-electron chi connectivity index (χ4n) is 2.25. The second-order valence-electron chi connectivity index (χ2n) is 5.71. The number of nitrogen functional groups attached to an aromatic ring is 1. The summed E-state index contributed by atoms with van der Waals surface area (Å²) in [7, 11) is 0. The number of carbonyl (C=O) groups is 2. The minimum atomic E-state index is -4.78. The summed E-state index contributed by atoms with van der Waals surface area (Å²) in [6.45, 7) is 0. The summed E-state index contributed by atoms with van der Waals surface area (Å²) in [5.74, 6) is -2.68. The Kier molecular flexibility index (Phi) is 6.67. The van der Waals surface area contributed by atoms with Crippen molar-refractivity contribution in [2.24, 2.45) is 5.73 Å². The lowest BCUT2D eigenvalue weighted by molar-refractivity contribution is -0.137. The Labute approximate surface area is 167 Å². The highest BCUT2D eigenvalue weighted by Crippen LogP contribution is 2.37. The molecule has 0 saturated carbocycles. The van der Waals surface area contributed by atoms with Crippen molar-refractivity contribution < 1.29 is 32.3 Å². The smallest absolute Gasteiger partial charge is 0.418 e. The first-order valence-electron chi connectivity index (χ1n) is 8.08. The molecular formula is C19H14F4N4O3. The van der Waals surface area contributed by atoms with Gasteiger partial charge in [-0.2, -0.15) is 13.2 Å². The van der Waals surface area contributed by atoms with E-state index >= 15 is 0 Å². The molecule has 0 aliphatic rings. The number of anilines is 1. The van der Waals surface area contributed by atoms with Crippen LogP contribution in [0.5, 0.6) is 0 Å². The molecule has 0 fully saturated rings. The van der Waals surface area contributed by atoms with E-state index in [4.69, 9.17) is 16.6 Å². The number of amides is 1. The molecule has 0 bridgehead atoms. The van der Waals surface area contributed by atoms with Gasteiger partial charge >= 0.3 is 12.1 Å². The molecule has 3 aromatic rings. The molecule has 30 heavy (non-hydrogen) atoms. The number of pyridine rings is 2. The summed E-state index contributed by atoms with van der Waals surface area (Å²) < 4.78 is 51.9. The maximum atomic E-state index is 13.0. The maximum Gasteiger partial charge on any atom is 0.418 e. The molecule has 2 aromatic heterocycles. The third kappa shape index (κ3) is 5.50. The number of alkyl halides is 3. The van der Waals surface area contributed by atoms with E-state index in [2.05, 4.69) is 9.97 Å². The van der Waals surface area contributed by atoms with E-state index in [9.17, 15) is 27.2 Å². The number of benzene rings is 1. The number of nitrogens with two attached hydrogens (primary N) is 2. The lowest BCUT2D eigenvalue weighted by Gasteiger charge is -2.14. The third-order valence-electron chi connectivity index (χ3n) is 3.59. The molecule has 0 unspecified atom stereocenters. The highest BCUT2D eigenvalue weighted by Gasteiger charge is 2.36. The van der Waals surface area contributed by atoms with Crippen LogP contribution in [-0.2, 0) is 6.18 Å². The zero-order valence-corrected chi connectivity index (χ0v) is 15.0. The molecule has 5 N–H and O–H groups in total. The van der Waals surface area contributed by atoms with Crippen molar-refractivity contribution in [3.05, 3.63) is 77.5 Å². The Morgan fingerprint density at radius 3 is 2.10 bits per heavy atom. The number of rotatable bonds is 3. The summed E-state index contributed by atoms with van der Waals surface area (Å²) in [6, 6.07) is 9.59. The van der Waals surface area contributed by atoms with Gasteiger partial charge in [0.15, 0.2) is 5.69 Å². The van der Waals surface area contributed by atoms with Crippen LogP contribution in [0.2, 0.25) is 0 Å². The largest absolute Gasteiger partial charge is 0.476 e. The molecule has 2 heterocycles. The van der Waals surface area contributed by atoms with Crippen molar-refractivity contribution in [3.8, 4) is 11.3 Å². The molecule has 11 heteroatoms. The van der Waals surface area contributed by atoms with Gasteiger partial charge in [-0.3, -0.25) is 9.78 Å². The van der Waals surface area contributed by atoms with E-state index in [1.807, 2.05) is 0 Å². The van der Waals surface area contributed by atoms with Crippen LogP contribution in [0.1, 0.15) is 26.5 Å². The van der Waals surface area contributed by atoms with E-state index in [-0.39, 0.29) is 5.56 Å². The average Bonchev–Trinajstić information content (AvgIpc) is 2.69. The maximum absolute atomic E-state index is 13.0. The van der Waals surface area contributed by atoms with Crippen LogP contribution in [0.4, 0.5) is 23.2 Å². The van der Waals surface area contributed by atoms with Gasteiger partial charge in [0, 0.05) is 11.8 Å². The first-order valence-corrected chi connectivity index (χ1v) is 8.08. The molecule has 0 spiro atoms. The summed E-state index contributed by atoms with van der Waals surface area (Å²) in [5, 5.41) is 8.89. The van der Waals surface area contributed by atoms with Crippen LogP contribution in [0.15, 0.2) is 54.7 Å². The Morgan fingerprint density at radius 2 is 1.67 bits per heavy atom. The predicted octanol–water partition coefficient (Wildman–Crippen LogP) is 3.37. The fourth-order valence-corrected chi connectivity index (χ4v) is 2.25. The number of carboxylic acids is 1. The van der Waals surface area contributed by atoms with Crippen molar-refractivity contribution in [1.29, 1.82) is 0 Å². The Balaban J connectivity index is 0.000000297. The van der Waals surface area contributed by atoms with Crippen LogP contribution in [0, 0.1) is 5.82 Å². The van der Waals surface area contributed by atoms with Crippen LogP contribution in [0.3, 0.4) is 0 Å². The van der Waals surface area contributed by atoms with E-state index in [1.165, 1.54) is 6.20 Å². The number of nitrogens with zero attached hydrogens (tertiary/aromatic N) is 2. The minimum Gasteiger partial charge on any atom is -0.476 e. The van der Waals surface area contributed by atoms with Gasteiger partial charge in [-0.05, 0) is 42.5 Å². The Hall–Kier alpha value is -4.02. The van der Waals surface area contributed by atoms with Gasteiger partial charge in [0.1, 0.15) is 11.5 Å². The molecule has 0 radical (unpaired) electrons. The van der Waals surface area contributed by atoms with Gasteiger partial charge in [-0.15, -0.1) is 0 Å². The number of hydrogen-bond donors (Lipinski definition) is 3.